The van der Waals surface area contributed by atoms with Gasteiger partial charge in [0.1, 0.15) is 17.4 Å². The van der Waals surface area contributed by atoms with Crippen LogP contribution in [0.5, 0.6) is 0 Å². The van der Waals surface area contributed by atoms with Crippen molar-refractivity contribution in [1.82, 2.24) is 14.8 Å². The number of piperidine rings is 1. The Bertz CT molecular complexity index is 883. The van der Waals surface area contributed by atoms with Crippen molar-refractivity contribution in [3.63, 3.8) is 0 Å². The second-order valence-corrected chi connectivity index (χ2v) is 8.04. The zero-order valence-corrected chi connectivity index (χ0v) is 16.8. The molecule has 0 saturated carbocycles. The minimum absolute atomic E-state index is 0.0436. The first-order valence-corrected chi connectivity index (χ1v) is 10.4. The average molecular weight is 403 g/mol. The summed E-state index contributed by atoms with van der Waals surface area (Å²) in [6.07, 6.45) is 6.00. The highest BCUT2D eigenvalue weighted by Gasteiger charge is 2.27. The number of halogens is 2. The van der Waals surface area contributed by atoms with Gasteiger partial charge in [-0.1, -0.05) is 6.42 Å². The number of aryl methyl sites for hydroxylation is 1. The highest BCUT2D eigenvalue weighted by molar-refractivity contribution is 5.78. The van der Waals surface area contributed by atoms with Gasteiger partial charge >= 0.3 is 0 Å². The Morgan fingerprint density at radius 2 is 2.07 bits per heavy atom. The molecule has 2 aromatic rings. The smallest absolute Gasteiger partial charge is 0.229 e. The standard InChI is InChI=1S/C22H27F2N3O2/c1-15-20(25-22(29-15)18-13-16(23)7-8-19(18)24)14-27-10-3-2-5-17(27)9-12-26-11-4-6-21(26)28/h7-8,13,17H,2-6,9-12,14H2,1H3/t17-/m0/s1. The van der Waals surface area contributed by atoms with E-state index in [2.05, 4.69) is 9.88 Å². The van der Waals surface area contributed by atoms with Crippen LogP contribution in [0.25, 0.3) is 11.5 Å². The molecule has 1 aromatic carbocycles. The Morgan fingerprint density at radius 3 is 2.86 bits per heavy atom. The molecule has 0 unspecified atom stereocenters. The first kappa shape index (κ1) is 20.0. The third kappa shape index (κ3) is 4.50. The van der Waals surface area contributed by atoms with Gasteiger partial charge in [0.2, 0.25) is 11.8 Å². The Labute approximate surface area is 169 Å². The lowest BCUT2D eigenvalue weighted by Gasteiger charge is -2.36. The number of nitrogens with zero attached hydrogens (tertiary/aromatic N) is 3. The van der Waals surface area contributed by atoms with Crippen LogP contribution in [0.1, 0.15) is 50.0 Å². The molecule has 2 aliphatic rings. The summed E-state index contributed by atoms with van der Waals surface area (Å²) in [5, 5.41) is 0. The van der Waals surface area contributed by atoms with Crippen LogP contribution in [0, 0.1) is 18.6 Å². The van der Waals surface area contributed by atoms with E-state index in [0.29, 0.717) is 24.8 Å². The maximum atomic E-state index is 14.1. The van der Waals surface area contributed by atoms with Gasteiger partial charge in [0, 0.05) is 32.1 Å². The van der Waals surface area contributed by atoms with Crippen LogP contribution in [-0.4, -0.2) is 46.4 Å². The van der Waals surface area contributed by atoms with Gasteiger partial charge in [-0.05, 0) is 57.4 Å². The van der Waals surface area contributed by atoms with Gasteiger partial charge in [0.25, 0.3) is 0 Å². The number of hydrogen-bond donors (Lipinski definition) is 0. The van der Waals surface area contributed by atoms with Crippen LogP contribution in [0.15, 0.2) is 22.6 Å². The third-order valence-electron chi connectivity index (χ3n) is 6.06. The summed E-state index contributed by atoms with van der Waals surface area (Å²) in [5.74, 6) is -0.0634. The molecule has 0 bridgehead atoms. The Morgan fingerprint density at radius 1 is 1.21 bits per heavy atom. The zero-order chi connectivity index (χ0) is 20.4. The molecule has 7 heteroatoms. The van der Waals surface area contributed by atoms with E-state index in [9.17, 15) is 13.6 Å². The maximum absolute atomic E-state index is 14.1. The lowest BCUT2D eigenvalue weighted by Crippen LogP contribution is -2.41. The molecule has 1 aromatic heterocycles. The summed E-state index contributed by atoms with van der Waals surface area (Å²) < 4.78 is 33.3. The molecule has 3 heterocycles. The molecule has 0 aliphatic carbocycles. The summed E-state index contributed by atoms with van der Waals surface area (Å²) in [4.78, 5) is 20.7. The zero-order valence-electron chi connectivity index (χ0n) is 16.8. The molecule has 5 nitrogen and oxygen atoms in total. The highest BCUT2D eigenvalue weighted by Crippen LogP contribution is 2.28. The molecule has 0 spiro atoms. The van der Waals surface area contributed by atoms with E-state index < -0.39 is 11.6 Å². The van der Waals surface area contributed by atoms with Gasteiger partial charge in [0.05, 0.1) is 11.3 Å². The fourth-order valence-electron chi connectivity index (χ4n) is 4.38. The van der Waals surface area contributed by atoms with E-state index >= 15 is 0 Å². The molecule has 4 rings (SSSR count). The van der Waals surface area contributed by atoms with Crippen molar-refractivity contribution >= 4 is 5.91 Å². The lowest BCUT2D eigenvalue weighted by atomic mass is 9.98. The number of hydrogen-bond acceptors (Lipinski definition) is 4. The number of carbonyl (C=O) groups is 1. The van der Waals surface area contributed by atoms with Gasteiger partial charge in [0.15, 0.2) is 0 Å². The molecule has 0 radical (unpaired) electrons. The van der Waals surface area contributed by atoms with Crippen molar-refractivity contribution < 1.29 is 18.0 Å². The summed E-state index contributed by atoms with van der Waals surface area (Å²) in [6.45, 7) is 5.07. The monoisotopic (exact) mass is 403 g/mol. The summed E-state index contributed by atoms with van der Waals surface area (Å²) in [6, 6.07) is 3.67. The summed E-state index contributed by atoms with van der Waals surface area (Å²) >= 11 is 0. The highest BCUT2D eigenvalue weighted by atomic mass is 19.1. The number of likely N-dealkylation sites (tertiary alicyclic amines) is 2. The minimum atomic E-state index is -0.551. The predicted octanol–water partition coefficient (Wildman–Crippen LogP) is 4.30. The number of benzene rings is 1. The van der Waals surface area contributed by atoms with Crippen molar-refractivity contribution in [2.75, 3.05) is 19.6 Å². The molecular weight excluding hydrogens is 376 g/mol. The Balaban J connectivity index is 1.46. The van der Waals surface area contributed by atoms with Crippen molar-refractivity contribution in [3.8, 4) is 11.5 Å². The summed E-state index contributed by atoms with van der Waals surface area (Å²) in [7, 11) is 0. The number of aromatic nitrogens is 1. The molecule has 1 amide bonds. The topological polar surface area (TPSA) is 49.6 Å². The van der Waals surface area contributed by atoms with Crippen molar-refractivity contribution in [2.45, 2.75) is 58.0 Å². The van der Waals surface area contributed by atoms with Gasteiger partial charge in [-0.25, -0.2) is 13.8 Å². The second-order valence-electron chi connectivity index (χ2n) is 8.04. The predicted molar refractivity (Wildman–Crippen MR) is 105 cm³/mol. The van der Waals surface area contributed by atoms with E-state index in [0.717, 1.165) is 69.2 Å². The fraction of sp³-hybridized carbons (Fsp3) is 0.545. The van der Waals surface area contributed by atoms with Gasteiger partial charge in [-0.3, -0.25) is 9.69 Å². The van der Waals surface area contributed by atoms with Crippen molar-refractivity contribution in [3.05, 3.63) is 41.3 Å². The van der Waals surface area contributed by atoms with Gasteiger partial charge in [-0.15, -0.1) is 0 Å². The van der Waals surface area contributed by atoms with E-state index in [1.54, 1.807) is 0 Å². The lowest BCUT2D eigenvalue weighted by molar-refractivity contribution is -0.127. The average Bonchev–Trinajstić information content (AvgIpc) is 3.28. The van der Waals surface area contributed by atoms with Crippen LogP contribution < -0.4 is 0 Å². The first-order chi connectivity index (χ1) is 14.0. The van der Waals surface area contributed by atoms with E-state index in [1.807, 2.05) is 11.8 Å². The minimum Gasteiger partial charge on any atom is -0.441 e. The number of amides is 1. The first-order valence-electron chi connectivity index (χ1n) is 10.4. The van der Waals surface area contributed by atoms with Crippen molar-refractivity contribution in [2.24, 2.45) is 0 Å². The molecule has 2 aliphatic heterocycles. The Kier molecular flexibility index (Phi) is 5.94. The summed E-state index contributed by atoms with van der Waals surface area (Å²) in [5.41, 5.74) is 0.801. The molecule has 29 heavy (non-hydrogen) atoms. The van der Waals surface area contributed by atoms with Crippen LogP contribution >= 0.6 is 0 Å². The number of oxazole rings is 1. The van der Waals surface area contributed by atoms with Gasteiger partial charge < -0.3 is 9.32 Å². The SMILES string of the molecule is Cc1oc(-c2cc(F)ccc2F)nc1CN1CCCC[C@H]1CCN1CCCC1=O. The molecule has 0 N–H and O–H groups in total. The molecule has 2 saturated heterocycles. The largest absolute Gasteiger partial charge is 0.441 e. The van der Waals surface area contributed by atoms with Crippen LogP contribution in [0.3, 0.4) is 0 Å². The van der Waals surface area contributed by atoms with E-state index in [-0.39, 0.29) is 17.4 Å². The quantitative estimate of drug-likeness (QED) is 0.722. The van der Waals surface area contributed by atoms with Crippen LogP contribution in [-0.2, 0) is 11.3 Å². The number of rotatable bonds is 6. The molecular formula is C22H27F2N3O2. The van der Waals surface area contributed by atoms with Crippen LogP contribution in [0.2, 0.25) is 0 Å². The molecule has 156 valence electrons. The Hall–Kier alpha value is -2.28. The molecule has 1 atom stereocenters. The fourth-order valence-corrected chi connectivity index (χ4v) is 4.38. The maximum Gasteiger partial charge on any atom is 0.229 e. The second kappa shape index (κ2) is 8.61. The van der Waals surface area contributed by atoms with Crippen molar-refractivity contribution in [1.29, 1.82) is 0 Å². The van der Waals surface area contributed by atoms with Gasteiger partial charge in [-0.2, -0.15) is 0 Å². The normalized spacial score (nSPS) is 20.6. The molecule has 2 fully saturated rings. The van der Waals surface area contributed by atoms with E-state index in [4.69, 9.17) is 4.42 Å². The van der Waals surface area contributed by atoms with E-state index in [1.165, 1.54) is 6.42 Å². The number of carbonyl (C=O) groups excluding carboxylic acids is 1. The third-order valence-corrected chi connectivity index (χ3v) is 6.06. The van der Waals surface area contributed by atoms with Crippen LogP contribution in [0.4, 0.5) is 8.78 Å².